The van der Waals surface area contributed by atoms with Crippen molar-refractivity contribution >= 4 is 23.7 Å². The van der Waals surface area contributed by atoms with E-state index in [1.807, 2.05) is 30.3 Å². The first-order chi connectivity index (χ1) is 16.3. The molecule has 0 fully saturated rings. The Kier molecular flexibility index (Phi) is 11.1. The van der Waals surface area contributed by atoms with Gasteiger partial charge in [0, 0.05) is 19.5 Å². The highest BCUT2D eigenvalue weighted by molar-refractivity contribution is 5.88. The van der Waals surface area contributed by atoms with Crippen molar-refractivity contribution in [3.05, 3.63) is 65.7 Å². The Morgan fingerprint density at radius 1 is 0.765 bits per heavy atom. The zero-order chi connectivity index (χ0) is 24.8. The van der Waals surface area contributed by atoms with Crippen LogP contribution in [0.2, 0.25) is 0 Å². The maximum Gasteiger partial charge on any atom is 0.322 e. The maximum atomic E-state index is 12.6. The summed E-state index contributed by atoms with van der Waals surface area (Å²) in [5, 5.41) is 28.5. The lowest BCUT2D eigenvalue weighted by Crippen LogP contribution is -2.50. The monoisotopic (exact) mass is 470 g/mol. The number of rotatable bonds is 14. The van der Waals surface area contributed by atoms with E-state index in [1.165, 1.54) is 0 Å². The molecule has 0 saturated heterocycles. The third kappa shape index (κ3) is 10.6. The molecular formula is C24H30N4O6. The summed E-state index contributed by atoms with van der Waals surface area (Å²) in [5.41, 5.74) is 1.86. The number of aryl methyl sites for hydroxylation is 1. The van der Waals surface area contributed by atoms with Gasteiger partial charge in [-0.2, -0.15) is 0 Å². The molecule has 0 unspecified atom stereocenters. The first kappa shape index (κ1) is 26.3. The fourth-order valence-electron chi connectivity index (χ4n) is 3.09. The molecule has 0 aliphatic carbocycles. The molecule has 1 atom stereocenters. The highest BCUT2D eigenvalue weighted by Crippen LogP contribution is 2.11. The minimum Gasteiger partial charge on any atom is -0.508 e. The molecule has 182 valence electrons. The van der Waals surface area contributed by atoms with E-state index in [2.05, 4.69) is 21.3 Å². The highest BCUT2D eigenvalue weighted by atomic mass is 16.4. The first-order valence-corrected chi connectivity index (χ1v) is 10.9. The number of carbonyl (C=O) groups is 4. The number of hydrogen-bond donors (Lipinski definition) is 6. The summed E-state index contributed by atoms with van der Waals surface area (Å²) in [6.07, 6.45) is 1.21. The molecule has 6 N–H and O–H groups in total. The second kappa shape index (κ2) is 14.3. The van der Waals surface area contributed by atoms with Crippen LogP contribution in [0.4, 0.5) is 0 Å². The van der Waals surface area contributed by atoms with Gasteiger partial charge in [0.05, 0.1) is 12.6 Å². The van der Waals surface area contributed by atoms with Crippen molar-refractivity contribution in [1.29, 1.82) is 0 Å². The second-order valence-corrected chi connectivity index (χ2v) is 7.60. The summed E-state index contributed by atoms with van der Waals surface area (Å²) >= 11 is 0. The topological polar surface area (TPSA) is 157 Å². The molecule has 10 heteroatoms. The Hall–Kier alpha value is -3.92. The summed E-state index contributed by atoms with van der Waals surface area (Å²) in [5.74, 6) is -2.14. The van der Waals surface area contributed by atoms with E-state index in [9.17, 15) is 24.3 Å². The van der Waals surface area contributed by atoms with Crippen LogP contribution in [0.5, 0.6) is 5.75 Å². The molecule has 0 heterocycles. The number of benzene rings is 2. The van der Waals surface area contributed by atoms with Crippen molar-refractivity contribution in [2.45, 2.75) is 25.3 Å². The molecule has 10 nitrogen and oxygen atoms in total. The van der Waals surface area contributed by atoms with Gasteiger partial charge < -0.3 is 31.5 Å². The molecule has 34 heavy (non-hydrogen) atoms. The first-order valence-electron chi connectivity index (χ1n) is 10.9. The van der Waals surface area contributed by atoms with Crippen molar-refractivity contribution in [2.24, 2.45) is 0 Å². The van der Waals surface area contributed by atoms with Gasteiger partial charge in [-0.1, -0.05) is 42.5 Å². The highest BCUT2D eigenvalue weighted by Gasteiger charge is 2.19. The predicted octanol–water partition coefficient (Wildman–Crippen LogP) is -0.0411. The quantitative estimate of drug-likeness (QED) is 0.212. The van der Waals surface area contributed by atoms with E-state index in [0.717, 1.165) is 11.1 Å². The van der Waals surface area contributed by atoms with Gasteiger partial charge in [-0.05, 0) is 36.1 Å². The van der Waals surface area contributed by atoms with Gasteiger partial charge in [-0.15, -0.1) is 0 Å². The van der Waals surface area contributed by atoms with Crippen LogP contribution in [-0.2, 0) is 32.0 Å². The predicted molar refractivity (Wildman–Crippen MR) is 125 cm³/mol. The van der Waals surface area contributed by atoms with E-state index in [-0.39, 0.29) is 18.2 Å². The summed E-state index contributed by atoms with van der Waals surface area (Å²) in [6, 6.07) is 15.4. The van der Waals surface area contributed by atoms with Crippen LogP contribution < -0.4 is 21.3 Å². The minimum absolute atomic E-state index is 0.131. The fourth-order valence-corrected chi connectivity index (χ4v) is 3.09. The summed E-state index contributed by atoms with van der Waals surface area (Å²) < 4.78 is 0. The molecule has 3 amide bonds. The molecule has 2 aromatic rings. The number of carbonyl (C=O) groups excluding carboxylic acids is 3. The largest absolute Gasteiger partial charge is 0.508 e. The summed E-state index contributed by atoms with van der Waals surface area (Å²) in [6.45, 7) is -0.215. The standard InChI is InChI=1S/C24H30N4O6/c29-19-9-6-17(7-10-19)8-11-21(30)26-13-12-25-20(14-18-4-2-1-3-5-18)24(34)28-15-22(31)27-16-23(32)33/h1-7,9-10,20,25,29H,8,11-16H2,(H,26,30)(H,27,31)(H,28,34)(H,32,33)/t20-/m0/s1. The maximum absolute atomic E-state index is 12.6. The number of amides is 3. The van der Waals surface area contributed by atoms with E-state index in [4.69, 9.17) is 5.11 Å². The number of phenolic OH excluding ortho intramolecular Hbond substituents is 1. The average molecular weight is 471 g/mol. The van der Waals surface area contributed by atoms with Gasteiger partial charge in [0.2, 0.25) is 17.7 Å². The summed E-state index contributed by atoms with van der Waals surface area (Å²) in [4.78, 5) is 46.9. The van der Waals surface area contributed by atoms with Gasteiger partial charge in [0.25, 0.3) is 0 Å². The molecule has 0 saturated carbocycles. The fraction of sp³-hybridized carbons (Fsp3) is 0.333. The Morgan fingerprint density at radius 2 is 1.47 bits per heavy atom. The number of phenols is 1. The Morgan fingerprint density at radius 3 is 2.15 bits per heavy atom. The van der Waals surface area contributed by atoms with Crippen LogP contribution in [0.25, 0.3) is 0 Å². The zero-order valence-electron chi connectivity index (χ0n) is 18.8. The van der Waals surface area contributed by atoms with Gasteiger partial charge in [0.1, 0.15) is 12.3 Å². The number of aromatic hydroxyl groups is 1. The number of carboxylic acids is 1. The number of nitrogens with one attached hydrogen (secondary N) is 4. The van der Waals surface area contributed by atoms with Crippen molar-refractivity contribution < 1.29 is 29.4 Å². The van der Waals surface area contributed by atoms with Crippen LogP contribution in [0.3, 0.4) is 0 Å². The zero-order valence-corrected chi connectivity index (χ0v) is 18.8. The van der Waals surface area contributed by atoms with Crippen LogP contribution in [-0.4, -0.2) is 66.1 Å². The second-order valence-electron chi connectivity index (χ2n) is 7.60. The van der Waals surface area contributed by atoms with Gasteiger partial charge >= 0.3 is 5.97 Å². The van der Waals surface area contributed by atoms with Gasteiger partial charge in [0.15, 0.2) is 0 Å². The van der Waals surface area contributed by atoms with E-state index >= 15 is 0 Å². The Bertz CT molecular complexity index is 950. The van der Waals surface area contributed by atoms with Crippen LogP contribution in [0.1, 0.15) is 17.5 Å². The van der Waals surface area contributed by atoms with Crippen molar-refractivity contribution in [1.82, 2.24) is 21.3 Å². The van der Waals surface area contributed by atoms with Crippen LogP contribution >= 0.6 is 0 Å². The number of hydrogen-bond acceptors (Lipinski definition) is 6. The molecule has 2 aromatic carbocycles. The number of carboxylic acid groups (broad SMARTS) is 1. The Balaban J connectivity index is 1.78. The number of aliphatic carboxylic acids is 1. The SMILES string of the molecule is O=C(O)CNC(=O)CNC(=O)[C@H](Cc1ccccc1)NCCNC(=O)CCc1ccc(O)cc1. The molecular weight excluding hydrogens is 440 g/mol. The van der Waals surface area contributed by atoms with Crippen LogP contribution in [0.15, 0.2) is 54.6 Å². The van der Waals surface area contributed by atoms with Crippen molar-refractivity contribution in [2.75, 3.05) is 26.2 Å². The third-order valence-corrected chi connectivity index (χ3v) is 4.87. The Labute approximate surface area is 197 Å². The molecule has 0 bridgehead atoms. The third-order valence-electron chi connectivity index (χ3n) is 4.87. The van der Waals surface area contributed by atoms with Crippen molar-refractivity contribution in [3.8, 4) is 5.75 Å². The summed E-state index contributed by atoms with van der Waals surface area (Å²) in [7, 11) is 0. The minimum atomic E-state index is -1.17. The van der Waals surface area contributed by atoms with E-state index < -0.39 is 30.4 Å². The molecule has 2 rings (SSSR count). The van der Waals surface area contributed by atoms with E-state index in [0.29, 0.717) is 32.4 Å². The average Bonchev–Trinajstić information content (AvgIpc) is 2.83. The normalized spacial score (nSPS) is 11.3. The molecule has 0 spiro atoms. The molecule has 0 aromatic heterocycles. The lowest BCUT2D eigenvalue weighted by atomic mass is 10.1. The van der Waals surface area contributed by atoms with Gasteiger partial charge in [-0.3, -0.25) is 19.2 Å². The van der Waals surface area contributed by atoms with E-state index in [1.54, 1.807) is 24.3 Å². The van der Waals surface area contributed by atoms with Crippen LogP contribution in [0, 0.1) is 0 Å². The smallest absolute Gasteiger partial charge is 0.322 e. The lowest BCUT2D eigenvalue weighted by molar-refractivity contribution is -0.137. The molecule has 0 aliphatic rings. The molecule has 0 aliphatic heterocycles. The lowest BCUT2D eigenvalue weighted by Gasteiger charge is -2.19. The van der Waals surface area contributed by atoms with Gasteiger partial charge in [-0.25, -0.2) is 0 Å². The van der Waals surface area contributed by atoms with Crippen molar-refractivity contribution in [3.63, 3.8) is 0 Å². The molecule has 0 radical (unpaired) electrons.